The fourth-order valence-electron chi connectivity index (χ4n) is 3.29. The number of benzene rings is 2. The predicted octanol–water partition coefficient (Wildman–Crippen LogP) is 4.90. The van der Waals surface area contributed by atoms with Gasteiger partial charge in [-0.1, -0.05) is 18.2 Å². The Morgan fingerprint density at radius 3 is 2.63 bits per heavy atom. The predicted molar refractivity (Wildman–Crippen MR) is 119 cm³/mol. The van der Waals surface area contributed by atoms with E-state index in [1.54, 1.807) is 18.5 Å². The van der Waals surface area contributed by atoms with Crippen LogP contribution in [-0.2, 0) is 6.42 Å². The number of ether oxygens (including phenoxy) is 1. The van der Waals surface area contributed by atoms with Gasteiger partial charge in [-0.3, -0.25) is 0 Å². The first-order chi connectivity index (χ1) is 14.7. The van der Waals surface area contributed by atoms with Gasteiger partial charge in [0.05, 0.1) is 18.6 Å². The van der Waals surface area contributed by atoms with Crippen LogP contribution >= 0.6 is 0 Å². The zero-order chi connectivity index (χ0) is 20.8. The van der Waals surface area contributed by atoms with Crippen LogP contribution in [0.5, 0.6) is 11.5 Å². The van der Waals surface area contributed by atoms with Crippen molar-refractivity contribution in [3.8, 4) is 33.9 Å². The summed E-state index contributed by atoms with van der Waals surface area (Å²) in [5, 5.41) is 13.1. The summed E-state index contributed by atoms with van der Waals surface area (Å²) < 4.78 is 5.84. The zero-order valence-electron chi connectivity index (χ0n) is 16.8. The lowest BCUT2D eigenvalue weighted by atomic mass is 10.0. The quantitative estimate of drug-likeness (QED) is 0.392. The number of hydrogen-bond donors (Lipinski definition) is 3. The molecule has 152 valence electrons. The maximum Gasteiger partial charge on any atom is 0.127 e. The minimum atomic E-state index is 0.231. The Morgan fingerprint density at radius 1 is 1.03 bits per heavy atom. The minimum Gasteiger partial charge on any atom is -0.508 e. The van der Waals surface area contributed by atoms with Gasteiger partial charge in [0.2, 0.25) is 0 Å². The van der Waals surface area contributed by atoms with Crippen LogP contribution < -0.4 is 10.1 Å². The largest absolute Gasteiger partial charge is 0.508 e. The van der Waals surface area contributed by atoms with E-state index in [-0.39, 0.29) is 5.75 Å². The van der Waals surface area contributed by atoms with Crippen LogP contribution in [0.2, 0.25) is 0 Å². The smallest absolute Gasteiger partial charge is 0.127 e. The second-order valence-corrected chi connectivity index (χ2v) is 6.86. The molecule has 0 aliphatic heterocycles. The molecule has 0 fully saturated rings. The number of phenols is 1. The van der Waals surface area contributed by atoms with Gasteiger partial charge in [-0.2, -0.15) is 0 Å². The van der Waals surface area contributed by atoms with E-state index in [1.807, 2.05) is 55.6 Å². The van der Waals surface area contributed by atoms with Crippen molar-refractivity contribution in [1.82, 2.24) is 15.0 Å². The molecule has 6 heteroatoms. The number of aromatic hydroxyl groups is 1. The average Bonchev–Trinajstić information content (AvgIpc) is 3.28. The van der Waals surface area contributed by atoms with E-state index >= 15 is 0 Å². The zero-order valence-corrected chi connectivity index (χ0v) is 16.8. The molecule has 3 N–H and O–H groups in total. The molecule has 0 radical (unpaired) electrons. The normalized spacial score (nSPS) is 10.7. The minimum absolute atomic E-state index is 0.231. The highest BCUT2D eigenvalue weighted by Gasteiger charge is 2.11. The molecule has 0 unspecified atom stereocenters. The summed E-state index contributed by atoms with van der Waals surface area (Å²) in [6.45, 7) is 3.30. The topological polar surface area (TPSA) is 83.1 Å². The molecular weight excluding hydrogens is 376 g/mol. The van der Waals surface area contributed by atoms with Gasteiger partial charge in [0.1, 0.15) is 17.3 Å². The molecule has 30 heavy (non-hydrogen) atoms. The van der Waals surface area contributed by atoms with Crippen molar-refractivity contribution in [3.05, 3.63) is 78.9 Å². The highest BCUT2D eigenvalue weighted by molar-refractivity contribution is 5.77. The molecular formula is C24H24N4O2. The van der Waals surface area contributed by atoms with Gasteiger partial charge >= 0.3 is 0 Å². The number of phenolic OH excluding ortho intramolecular Hbond substituents is 1. The fraction of sp³-hybridized carbons (Fsp3) is 0.167. The summed E-state index contributed by atoms with van der Waals surface area (Å²) in [7, 11) is 0. The maximum absolute atomic E-state index is 9.64. The number of para-hydroxylation sites is 1. The Hall–Kier alpha value is -3.80. The Balaban J connectivity index is 1.69. The lowest BCUT2D eigenvalue weighted by Crippen LogP contribution is -2.07. The number of pyridine rings is 1. The molecule has 6 nitrogen and oxygen atoms in total. The van der Waals surface area contributed by atoms with Gasteiger partial charge in [0.15, 0.2) is 0 Å². The Labute approximate surface area is 175 Å². The number of rotatable bonds is 8. The summed E-state index contributed by atoms with van der Waals surface area (Å²) in [6, 6.07) is 19.2. The molecule has 0 atom stereocenters. The summed E-state index contributed by atoms with van der Waals surface area (Å²) in [5.41, 5.74) is 4.85. The lowest BCUT2D eigenvalue weighted by molar-refractivity contribution is 0.341. The number of H-pyrrole nitrogens is 1. The highest BCUT2D eigenvalue weighted by Crippen LogP contribution is 2.34. The van der Waals surface area contributed by atoms with E-state index in [0.717, 1.165) is 52.6 Å². The van der Waals surface area contributed by atoms with Gasteiger partial charge in [-0.05, 0) is 55.0 Å². The first-order valence-corrected chi connectivity index (χ1v) is 9.97. The Kier molecular flexibility index (Phi) is 5.94. The molecule has 0 aliphatic rings. The van der Waals surface area contributed by atoms with Crippen LogP contribution in [0.25, 0.3) is 22.4 Å². The molecule has 0 spiro atoms. The number of nitrogens with zero attached hydrogens (tertiary/aromatic N) is 2. The monoisotopic (exact) mass is 400 g/mol. The number of aromatic nitrogens is 3. The first-order valence-electron chi connectivity index (χ1n) is 9.97. The van der Waals surface area contributed by atoms with Gasteiger partial charge in [0, 0.05) is 36.0 Å². The van der Waals surface area contributed by atoms with Crippen LogP contribution in [-0.4, -0.2) is 33.2 Å². The highest BCUT2D eigenvalue weighted by atomic mass is 16.5. The SMILES string of the molecule is CCOc1ccccc1-c1cc(NCCc2cnc[nH]2)nc(-c2ccc(O)cc2)c1. The third-order valence-electron chi connectivity index (χ3n) is 4.74. The molecule has 0 bridgehead atoms. The standard InChI is InChI=1S/C24H24N4O2/c1-2-30-23-6-4-3-5-21(23)18-13-22(17-7-9-20(29)10-8-17)28-24(14-18)26-12-11-19-15-25-16-27-19/h3-10,13-16,29H,2,11-12H2,1H3,(H,25,27)(H,26,28). The van der Waals surface area contributed by atoms with E-state index in [2.05, 4.69) is 21.4 Å². The lowest BCUT2D eigenvalue weighted by Gasteiger charge is -2.14. The van der Waals surface area contributed by atoms with Crippen molar-refractivity contribution in [3.63, 3.8) is 0 Å². The number of nitrogens with one attached hydrogen (secondary N) is 2. The Bertz CT molecular complexity index is 1090. The molecule has 0 saturated carbocycles. The van der Waals surface area contributed by atoms with Crippen molar-refractivity contribution in [2.24, 2.45) is 0 Å². The third kappa shape index (κ3) is 4.60. The van der Waals surface area contributed by atoms with Crippen LogP contribution in [0.1, 0.15) is 12.6 Å². The van der Waals surface area contributed by atoms with Gasteiger partial charge in [-0.15, -0.1) is 0 Å². The van der Waals surface area contributed by atoms with Crippen LogP contribution in [0.15, 0.2) is 73.2 Å². The molecule has 4 aromatic rings. The summed E-state index contributed by atoms with van der Waals surface area (Å²) >= 11 is 0. The fourth-order valence-corrected chi connectivity index (χ4v) is 3.29. The summed E-state index contributed by atoms with van der Waals surface area (Å²) in [5.74, 6) is 1.85. The number of imidazole rings is 1. The molecule has 2 aromatic heterocycles. The summed E-state index contributed by atoms with van der Waals surface area (Å²) in [4.78, 5) is 12.0. The van der Waals surface area contributed by atoms with Crippen LogP contribution in [0.4, 0.5) is 5.82 Å². The average molecular weight is 400 g/mol. The van der Waals surface area contributed by atoms with Crippen LogP contribution in [0, 0.1) is 0 Å². The third-order valence-corrected chi connectivity index (χ3v) is 4.74. The number of aromatic amines is 1. The van der Waals surface area contributed by atoms with E-state index < -0.39 is 0 Å². The van der Waals surface area contributed by atoms with E-state index in [4.69, 9.17) is 9.72 Å². The molecule has 0 aliphatic carbocycles. The number of hydrogen-bond acceptors (Lipinski definition) is 5. The van der Waals surface area contributed by atoms with E-state index in [0.29, 0.717) is 6.61 Å². The van der Waals surface area contributed by atoms with Crippen molar-refractivity contribution >= 4 is 5.82 Å². The Morgan fingerprint density at radius 2 is 1.87 bits per heavy atom. The van der Waals surface area contributed by atoms with E-state index in [9.17, 15) is 5.11 Å². The van der Waals surface area contributed by atoms with Gasteiger partial charge in [0.25, 0.3) is 0 Å². The molecule has 4 rings (SSSR count). The van der Waals surface area contributed by atoms with Crippen molar-refractivity contribution < 1.29 is 9.84 Å². The van der Waals surface area contributed by atoms with Gasteiger partial charge < -0.3 is 20.1 Å². The van der Waals surface area contributed by atoms with Crippen molar-refractivity contribution in [2.45, 2.75) is 13.3 Å². The second-order valence-electron chi connectivity index (χ2n) is 6.86. The van der Waals surface area contributed by atoms with Crippen LogP contribution in [0.3, 0.4) is 0 Å². The van der Waals surface area contributed by atoms with Gasteiger partial charge in [-0.25, -0.2) is 9.97 Å². The first kappa shape index (κ1) is 19.5. The number of anilines is 1. The second kappa shape index (κ2) is 9.13. The summed E-state index contributed by atoms with van der Waals surface area (Å²) in [6.07, 6.45) is 4.32. The molecule has 0 saturated heterocycles. The van der Waals surface area contributed by atoms with Crippen molar-refractivity contribution in [1.29, 1.82) is 0 Å². The molecule has 2 aromatic carbocycles. The molecule has 2 heterocycles. The van der Waals surface area contributed by atoms with Crippen molar-refractivity contribution in [2.75, 3.05) is 18.5 Å². The van der Waals surface area contributed by atoms with E-state index in [1.165, 1.54) is 0 Å². The molecule has 0 amide bonds. The maximum atomic E-state index is 9.64.